The van der Waals surface area contributed by atoms with Gasteiger partial charge in [-0.2, -0.15) is 0 Å². The molecule has 1 aromatic rings. The number of amides is 3. The molecule has 3 rings (SSSR count). The van der Waals surface area contributed by atoms with Crippen LogP contribution in [0.2, 0.25) is 0 Å². The standard InChI is InChI=1S/C18H24N4O4/c1-20(2)19-16(23)13-4-5-14-15(12-13)18(25)22(17(14)24)7-3-6-21-8-10-26-11-9-21/h4-5,12H,3,6-11H2,1-2H3,(H,19,23)/p+1. The van der Waals surface area contributed by atoms with Crippen molar-refractivity contribution in [2.75, 3.05) is 53.5 Å². The summed E-state index contributed by atoms with van der Waals surface area (Å²) in [6.07, 6.45) is 0.759. The predicted molar refractivity (Wildman–Crippen MR) is 94.0 cm³/mol. The first-order valence-electron chi connectivity index (χ1n) is 8.87. The van der Waals surface area contributed by atoms with Gasteiger partial charge in [0.15, 0.2) is 0 Å². The Morgan fingerprint density at radius 3 is 2.58 bits per heavy atom. The molecule has 0 aliphatic carbocycles. The van der Waals surface area contributed by atoms with Gasteiger partial charge in [-0.1, -0.05) is 0 Å². The number of benzene rings is 1. The third kappa shape index (κ3) is 3.92. The van der Waals surface area contributed by atoms with Crippen molar-refractivity contribution in [3.05, 3.63) is 34.9 Å². The second-order valence-corrected chi connectivity index (χ2v) is 6.82. The fourth-order valence-corrected chi connectivity index (χ4v) is 3.30. The van der Waals surface area contributed by atoms with Crippen LogP contribution in [0.15, 0.2) is 18.2 Å². The molecule has 2 aliphatic rings. The fourth-order valence-electron chi connectivity index (χ4n) is 3.30. The first-order valence-corrected chi connectivity index (χ1v) is 8.87. The van der Waals surface area contributed by atoms with Gasteiger partial charge in [-0.15, -0.1) is 0 Å². The smallest absolute Gasteiger partial charge is 0.265 e. The van der Waals surface area contributed by atoms with Crippen molar-refractivity contribution in [2.45, 2.75) is 6.42 Å². The minimum atomic E-state index is -0.318. The van der Waals surface area contributed by atoms with Gasteiger partial charge in [-0.3, -0.25) is 24.7 Å². The van der Waals surface area contributed by atoms with E-state index in [4.69, 9.17) is 4.74 Å². The maximum atomic E-state index is 12.6. The van der Waals surface area contributed by atoms with Crippen LogP contribution < -0.4 is 10.3 Å². The van der Waals surface area contributed by atoms with Gasteiger partial charge in [0, 0.05) is 32.6 Å². The molecule has 1 aromatic carbocycles. The van der Waals surface area contributed by atoms with Crippen molar-refractivity contribution < 1.29 is 24.0 Å². The van der Waals surface area contributed by atoms with Crippen LogP contribution in [0.5, 0.6) is 0 Å². The Hall–Kier alpha value is -2.29. The minimum absolute atomic E-state index is 0.276. The lowest BCUT2D eigenvalue weighted by Gasteiger charge is -2.24. The van der Waals surface area contributed by atoms with Crippen molar-refractivity contribution in [1.29, 1.82) is 0 Å². The van der Waals surface area contributed by atoms with Gasteiger partial charge in [-0.05, 0) is 18.2 Å². The Labute approximate surface area is 152 Å². The number of fused-ring (bicyclic) bond motifs is 1. The fraction of sp³-hybridized carbons (Fsp3) is 0.500. The number of carbonyl (C=O) groups excluding carboxylic acids is 3. The van der Waals surface area contributed by atoms with Gasteiger partial charge >= 0.3 is 0 Å². The number of carbonyl (C=O) groups is 3. The molecule has 0 aromatic heterocycles. The average Bonchev–Trinajstić information content (AvgIpc) is 2.86. The van der Waals surface area contributed by atoms with Crippen molar-refractivity contribution in [3.63, 3.8) is 0 Å². The summed E-state index contributed by atoms with van der Waals surface area (Å²) in [5.41, 5.74) is 3.67. The van der Waals surface area contributed by atoms with E-state index in [-0.39, 0.29) is 17.7 Å². The van der Waals surface area contributed by atoms with Crippen molar-refractivity contribution in [3.8, 4) is 0 Å². The quantitative estimate of drug-likeness (QED) is 0.491. The largest absolute Gasteiger partial charge is 0.370 e. The van der Waals surface area contributed by atoms with Crippen molar-refractivity contribution in [2.24, 2.45) is 0 Å². The Balaban J connectivity index is 1.64. The van der Waals surface area contributed by atoms with E-state index < -0.39 is 0 Å². The van der Waals surface area contributed by atoms with Crippen LogP contribution in [0.4, 0.5) is 0 Å². The number of quaternary nitrogens is 1. The summed E-state index contributed by atoms with van der Waals surface area (Å²) in [5, 5.41) is 1.53. The van der Waals surface area contributed by atoms with E-state index in [1.165, 1.54) is 20.9 Å². The zero-order valence-electron chi connectivity index (χ0n) is 15.2. The molecule has 0 bridgehead atoms. The molecular weight excluding hydrogens is 336 g/mol. The Morgan fingerprint density at radius 2 is 1.88 bits per heavy atom. The number of hydrogen-bond donors (Lipinski definition) is 2. The van der Waals surface area contributed by atoms with E-state index in [9.17, 15) is 14.4 Å². The average molecular weight is 361 g/mol. The number of morpholine rings is 1. The number of imide groups is 1. The Morgan fingerprint density at radius 1 is 1.19 bits per heavy atom. The van der Waals surface area contributed by atoms with E-state index in [1.54, 1.807) is 26.2 Å². The van der Waals surface area contributed by atoms with E-state index in [2.05, 4.69) is 5.43 Å². The highest BCUT2D eigenvalue weighted by atomic mass is 16.5. The summed E-state index contributed by atoms with van der Waals surface area (Å²) in [5.74, 6) is -0.907. The molecule has 1 fully saturated rings. The van der Waals surface area contributed by atoms with Crippen LogP contribution >= 0.6 is 0 Å². The number of nitrogens with zero attached hydrogens (tertiary/aromatic N) is 2. The maximum Gasteiger partial charge on any atom is 0.265 e. The molecule has 8 nitrogen and oxygen atoms in total. The number of hydrogen-bond acceptors (Lipinski definition) is 5. The molecule has 2 aliphatic heterocycles. The van der Waals surface area contributed by atoms with Crippen LogP contribution in [0.3, 0.4) is 0 Å². The van der Waals surface area contributed by atoms with Crippen LogP contribution in [-0.2, 0) is 4.74 Å². The summed E-state index contributed by atoms with van der Waals surface area (Å²) in [6, 6.07) is 4.64. The lowest BCUT2D eigenvalue weighted by molar-refractivity contribution is -0.908. The molecule has 1 saturated heterocycles. The molecule has 0 atom stereocenters. The zero-order chi connectivity index (χ0) is 18.7. The number of ether oxygens (including phenoxy) is 1. The summed E-state index contributed by atoms with van der Waals surface area (Å²) in [6.45, 7) is 4.77. The van der Waals surface area contributed by atoms with Crippen LogP contribution in [0.1, 0.15) is 37.5 Å². The van der Waals surface area contributed by atoms with E-state index in [0.29, 0.717) is 23.2 Å². The van der Waals surface area contributed by atoms with Gasteiger partial charge in [0.05, 0.1) is 30.9 Å². The Bertz CT molecular complexity index is 713. The summed E-state index contributed by atoms with van der Waals surface area (Å²) in [7, 11) is 3.41. The highest BCUT2D eigenvalue weighted by Gasteiger charge is 2.35. The maximum absolute atomic E-state index is 12.6. The molecule has 2 heterocycles. The molecule has 26 heavy (non-hydrogen) atoms. The molecule has 0 radical (unpaired) electrons. The summed E-state index contributed by atoms with van der Waals surface area (Å²) >= 11 is 0. The van der Waals surface area contributed by atoms with E-state index in [1.807, 2.05) is 0 Å². The first kappa shape index (κ1) is 18.5. The normalized spacial score (nSPS) is 17.7. The predicted octanol–water partition coefficient (Wildman–Crippen LogP) is -1.21. The second kappa shape index (κ2) is 7.94. The molecule has 2 N–H and O–H groups in total. The van der Waals surface area contributed by atoms with Gasteiger partial charge in [0.2, 0.25) is 0 Å². The molecule has 0 saturated carbocycles. The lowest BCUT2D eigenvalue weighted by Crippen LogP contribution is -3.14. The van der Waals surface area contributed by atoms with Gasteiger partial charge in [-0.25, -0.2) is 5.01 Å². The number of hydrazine groups is 1. The summed E-state index contributed by atoms with van der Waals surface area (Å²) < 4.78 is 5.34. The highest BCUT2D eigenvalue weighted by Crippen LogP contribution is 2.24. The minimum Gasteiger partial charge on any atom is -0.370 e. The van der Waals surface area contributed by atoms with Crippen LogP contribution in [-0.4, -0.2) is 81.1 Å². The second-order valence-electron chi connectivity index (χ2n) is 6.82. The zero-order valence-corrected chi connectivity index (χ0v) is 15.2. The molecule has 0 unspecified atom stereocenters. The van der Waals surface area contributed by atoms with Crippen molar-refractivity contribution >= 4 is 17.7 Å². The van der Waals surface area contributed by atoms with Gasteiger partial charge in [0.25, 0.3) is 17.7 Å². The molecule has 8 heteroatoms. The Kier molecular flexibility index (Phi) is 5.65. The third-order valence-electron chi connectivity index (χ3n) is 4.67. The summed E-state index contributed by atoms with van der Waals surface area (Å²) in [4.78, 5) is 40.0. The number of rotatable bonds is 6. The molecule has 140 valence electrons. The van der Waals surface area contributed by atoms with Crippen LogP contribution in [0.25, 0.3) is 0 Å². The van der Waals surface area contributed by atoms with Crippen LogP contribution in [0, 0.1) is 0 Å². The molecule has 0 spiro atoms. The highest BCUT2D eigenvalue weighted by molar-refractivity contribution is 6.22. The molecule has 3 amide bonds. The monoisotopic (exact) mass is 361 g/mol. The third-order valence-corrected chi connectivity index (χ3v) is 4.67. The topological polar surface area (TPSA) is 83.4 Å². The van der Waals surface area contributed by atoms with Gasteiger partial charge in [0.1, 0.15) is 13.1 Å². The molecular formula is C18H25N4O4+. The lowest BCUT2D eigenvalue weighted by atomic mass is 10.1. The SMILES string of the molecule is CN(C)NC(=O)c1ccc2c(c1)C(=O)N(CCC[NH+]1CCOCC1)C2=O. The van der Waals surface area contributed by atoms with Crippen molar-refractivity contribution in [1.82, 2.24) is 15.3 Å². The first-order chi connectivity index (χ1) is 12.5. The van der Waals surface area contributed by atoms with E-state index in [0.717, 1.165) is 39.3 Å². The number of nitrogens with one attached hydrogen (secondary N) is 2. The van der Waals surface area contributed by atoms with Gasteiger partial charge < -0.3 is 9.64 Å². The van der Waals surface area contributed by atoms with E-state index >= 15 is 0 Å².